The second-order valence-corrected chi connectivity index (χ2v) is 6.75. The van der Waals surface area contributed by atoms with E-state index in [0.717, 1.165) is 0 Å². The van der Waals surface area contributed by atoms with Gasteiger partial charge in [-0.1, -0.05) is 6.92 Å². The summed E-state index contributed by atoms with van der Waals surface area (Å²) in [7, 11) is -3.43. The molecule has 0 amide bonds. The summed E-state index contributed by atoms with van der Waals surface area (Å²) in [5.74, 6) is 0.442. The molecule has 1 aliphatic rings. The molecule has 2 rings (SSSR count). The van der Waals surface area contributed by atoms with Crippen LogP contribution in [0, 0.1) is 0 Å². The van der Waals surface area contributed by atoms with Crippen molar-refractivity contribution in [2.45, 2.75) is 39.3 Å². The van der Waals surface area contributed by atoms with Crippen molar-refractivity contribution in [3.63, 3.8) is 0 Å². The van der Waals surface area contributed by atoms with Gasteiger partial charge in [-0.3, -0.25) is 4.79 Å². The Kier molecular flexibility index (Phi) is 5.54. The van der Waals surface area contributed by atoms with Gasteiger partial charge in [0.15, 0.2) is 5.82 Å². The fourth-order valence-corrected chi connectivity index (χ4v) is 3.70. The monoisotopic (exact) mass is 329 g/mol. The summed E-state index contributed by atoms with van der Waals surface area (Å²) >= 11 is 0. The Balaban J connectivity index is 2.00. The third kappa shape index (κ3) is 4.05. The molecule has 1 aliphatic heterocycles. The van der Waals surface area contributed by atoms with Crippen molar-refractivity contribution >= 4 is 16.0 Å². The van der Waals surface area contributed by atoms with E-state index in [1.165, 1.54) is 0 Å². The average Bonchev–Trinajstić information content (AvgIpc) is 2.48. The lowest BCUT2D eigenvalue weighted by Crippen LogP contribution is -2.49. The molecule has 8 nitrogen and oxygen atoms in total. The Morgan fingerprint density at radius 1 is 1.32 bits per heavy atom. The predicted octanol–water partition coefficient (Wildman–Crippen LogP) is -0.324. The van der Waals surface area contributed by atoms with Crippen molar-refractivity contribution in [2.24, 2.45) is 0 Å². The Morgan fingerprint density at radius 2 is 2.00 bits per heavy atom. The zero-order valence-corrected chi connectivity index (χ0v) is 13.8. The van der Waals surface area contributed by atoms with E-state index in [0.29, 0.717) is 44.8 Å². The highest BCUT2D eigenvalue weighted by atomic mass is 32.2. The Labute approximate surface area is 130 Å². The molecule has 1 aromatic heterocycles. The van der Waals surface area contributed by atoms with Gasteiger partial charge in [0.05, 0.1) is 0 Å². The zero-order chi connectivity index (χ0) is 16.2. The van der Waals surface area contributed by atoms with Gasteiger partial charge < -0.3 is 9.47 Å². The summed E-state index contributed by atoms with van der Waals surface area (Å²) in [6.07, 6.45) is 4.59. The molecule has 0 spiro atoms. The topological polar surface area (TPSA) is 96.3 Å². The SMILES string of the molecule is CCNS(=O)(=O)NC1CCN(c2nccn(CC)c2=O)CC1. The Morgan fingerprint density at radius 3 is 2.59 bits per heavy atom. The number of nitrogens with zero attached hydrogens (tertiary/aromatic N) is 3. The van der Waals surface area contributed by atoms with E-state index >= 15 is 0 Å². The minimum absolute atomic E-state index is 0.100. The van der Waals surface area contributed by atoms with Crippen LogP contribution in [-0.4, -0.2) is 43.6 Å². The molecule has 0 bridgehead atoms. The van der Waals surface area contributed by atoms with Crippen LogP contribution in [0.4, 0.5) is 5.82 Å². The van der Waals surface area contributed by atoms with Gasteiger partial charge in [-0.05, 0) is 19.8 Å². The molecule has 2 heterocycles. The predicted molar refractivity (Wildman–Crippen MR) is 85.1 cm³/mol. The van der Waals surface area contributed by atoms with Crippen LogP contribution in [0.25, 0.3) is 0 Å². The Hall–Kier alpha value is -1.45. The Bertz CT molecular complexity index is 650. The van der Waals surface area contributed by atoms with Crippen LogP contribution in [-0.2, 0) is 16.8 Å². The molecule has 1 aromatic rings. The van der Waals surface area contributed by atoms with Crippen molar-refractivity contribution in [1.82, 2.24) is 19.0 Å². The third-order valence-corrected chi connectivity index (χ3v) is 5.00. The number of hydrogen-bond donors (Lipinski definition) is 2. The van der Waals surface area contributed by atoms with Crippen LogP contribution in [0.2, 0.25) is 0 Å². The van der Waals surface area contributed by atoms with Gasteiger partial charge in [0, 0.05) is 44.6 Å². The van der Waals surface area contributed by atoms with Crippen LogP contribution in [0.1, 0.15) is 26.7 Å². The summed E-state index contributed by atoms with van der Waals surface area (Å²) < 4.78 is 30.0. The quantitative estimate of drug-likeness (QED) is 0.745. The second-order valence-electron chi connectivity index (χ2n) is 5.22. The van der Waals surface area contributed by atoms with Gasteiger partial charge in [-0.2, -0.15) is 13.1 Å². The minimum Gasteiger partial charge on any atom is -0.352 e. The maximum atomic E-state index is 12.2. The first-order chi connectivity index (χ1) is 10.5. The van der Waals surface area contributed by atoms with Crippen molar-refractivity contribution in [3.8, 4) is 0 Å². The number of hydrogen-bond acceptors (Lipinski definition) is 5. The molecule has 0 unspecified atom stereocenters. The number of anilines is 1. The van der Waals surface area contributed by atoms with Gasteiger partial charge in [-0.15, -0.1) is 0 Å². The molecule has 1 saturated heterocycles. The first-order valence-electron chi connectivity index (χ1n) is 7.54. The van der Waals surface area contributed by atoms with E-state index in [1.54, 1.807) is 23.9 Å². The molecule has 0 aliphatic carbocycles. The maximum Gasteiger partial charge on any atom is 0.293 e. The number of aromatic nitrogens is 2. The fourth-order valence-electron chi connectivity index (χ4n) is 2.56. The van der Waals surface area contributed by atoms with Gasteiger partial charge >= 0.3 is 0 Å². The maximum absolute atomic E-state index is 12.2. The fraction of sp³-hybridized carbons (Fsp3) is 0.692. The highest BCUT2D eigenvalue weighted by molar-refractivity contribution is 7.87. The molecule has 0 aromatic carbocycles. The smallest absolute Gasteiger partial charge is 0.293 e. The normalized spacial score (nSPS) is 16.9. The second kappa shape index (κ2) is 7.21. The lowest BCUT2D eigenvalue weighted by atomic mass is 10.1. The van der Waals surface area contributed by atoms with Crippen molar-refractivity contribution in [1.29, 1.82) is 0 Å². The van der Waals surface area contributed by atoms with E-state index in [1.807, 2.05) is 11.8 Å². The molecule has 2 N–H and O–H groups in total. The molecule has 124 valence electrons. The minimum atomic E-state index is -3.43. The van der Waals surface area contributed by atoms with E-state index < -0.39 is 10.2 Å². The molecular weight excluding hydrogens is 306 g/mol. The third-order valence-electron chi connectivity index (χ3n) is 3.69. The van der Waals surface area contributed by atoms with Crippen molar-refractivity contribution in [2.75, 3.05) is 24.5 Å². The van der Waals surface area contributed by atoms with Crippen LogP contribution in [0.5, 0.6) is 0 Å². The summed E-state index contributed by atoms with van der Waals surface area (Å²) in [5.41, 5.74) is -0.100. The highest BCUT2D eigenvalue weighted by Gasteiger charge is 2.25. The average molecular weight is 329 g/mol. The van der Waals surface area contributed by atoms with E-state index in [2.05, 4.69) is 14.4 Å². The van der Waals surface area contributed by atoms with E-state index in [4.69, 9.17) is 0 Å². The van der Waals surface area contributed by atoms with Crippen LogP contribution in [0.3, 0.4) is 0 Å². The largest absolute Gasteiger partial charge is 0.352 e. The molecule has 9 heteroatoms. The summed E-state index contributed by atoms with van der Waals surface area (Å²) in [6, 6.07) is -0.114. The van der Waals surface area contributed by atoms with Crippen LogP contribution >= 0.6 is 0 Å². The van der Waals surface area contributed by atoms with Crippen molar-refractivity contribution in [3.05, 3.63) is 22.7 Å². The van der Waals surface area contributed by atoms with Gasteiger partial charge in [-0.25, -0.2) is 9.71 Å². The van der Waals surface area contributed by atoms with Gasteiger partial charge in [0.2, 0.25) is 0 Å². The molecule has 0 atom stereocenters. The summed E-state index contributed by atoms with van der Waals surface area (Å²) in [4.78, 5) is 18.3. The summed E-state index contributed by atoms with van der Waals surface area (Å²) in [5, 5.41) is 0. The summed E-state index contributed by atoms with van der Waals surface area (Å²) in [6.45, 7) is 5.82. The van der Waals surface area contributed by atoms with Gasteiger partial charge in [0.1, 0.15) is 0 Å². The van der Waals surface area contributed by atoms with Gasteiger partial charge in [0.25, 0.3) is 15.8 Å². The number of nitrogens with one attached hydrogen (secondary N) is 2. The number of rotatable bonds is 6. The first-order valence-corrected chi connectivity index (χ1v) is 9.02. The molecule has 0 saturated carbocycles. The zero-order valence-electron chi connectivity index (χ0n) is 12.9. The molecular formula is C13H23N5O3S. The lowest BCUT2D eigenvalue weighted by Gasteiger charge is -2.32. The molecule has 0 radical (unpaired) electrons. The number of piperidine rings is 1. The standard InChI is InChI=1S/C13H23N5O3S/c1-3-15-22(20,21)16-11-5-8-18(9-6-11)12-13(19)17(4-2)10-7-14-12/h7,10-11,15-16H,3-6,8-9H2,1-2H3. The van der Waals surface area contributed by atoms with Crippen LogP contribution in [0.15, 0.2) is 17.2 Å². The molecule has 22 heavy (non-hydrogen) atoms. The van der Waals surface area contributed by atoms with Crippen LogP contribution < -0.4 is 19.9 Å². The van der Waals surface area contributed by atoms with E-state index in [-0.39, 0.29) is 11.6 Å². The lowest BCUT2D eigenvalue weighted by molar-refractivity contribution is 0.453. The highest BCUT2D eigenvalue weighted by Crippen LogP contribution is 2.15. The molecule has 1 fully saturated rings. The van der Waals surface area contributed by atoms with Crippen molar-refractivity contribution < 1.29 is 8.42 Å². The number of aryl methyl sites for hydroxylation is 1. The van der Waals surface area contributed by atoms with E-state index in [9.17, 15) is 13.2 Å². The first kappa shape index (κ1) is 16.9.